The number of halogens is 1. The average Bonchev–Trinajstić information content (AvgIpc) is 3.49. The summed E-state index contributed by atoms with van der Waals surface area (Å²) >= 11 is 6.10. The Labute approximate surface area is 182 Å². The minimum atomic E-state index is -1.41. The first kappa shape index (κ1) is 20.6. The lowest BCUT2D eigenvalue weighted by atomic mass is 10.1. The number of nitrogens with zero attached hydrogens (tertiary/aromatic N) is 6. The van der Waals surface area contributed by atoms with Crippen LogP contribution < -0.4 is 5.32 Å². The zero-order valence-electron chi connectivity index (χ0n) is 16.2. The molecule has 0 aliphatic carbocycles. The van der Waals surface area contributed by atoms with Crippen molar-refractivity contribution in [3.05, 3.63) is 71.0 Å². The first-order chi connectivity index (χ1) is 15.0. The molecule has 10 nitrogen and oxygen atoms in total. The van der Waals surface area contributed by atoms with E-state index in [-0.39, 0.29) is 13.0 Å². The van der Waals surface area contributed by atoms with Crippen LogP contribution in [-0.2, 0) is 16.1 Å². The molecule has 0 spiro atoms. The van der Waals surface area contributed by atoms with Gasteiger partial charge in [-0.05, 0) is 39.8 Å². The predicted octanol–water partition coefficient (Wildman–Crippen LogP) is 1.25. The van der Waals surface area contributed by atoms with Gasteiger partial charge >= 0.3 is 0 Å². The molecule has 4 rings (SSSR count). The third-order valence-electron chi connectivity index (χ3n) is 4.80. The molecule has 2 aromatic carbocycles. The molecule has 0 saturated heterocycles. The Morgan fingerprint density at radius 3 is 2.77 bits per heavy atom. The van der Waals surface area contributed by atoms with Crippen LogP contribution in [0.2, 0.25) is 5.02 Å². The topological polar surface area (TPSA) is 126 Å². The first-order valence-electron chi connectivity index (χ1n) is 9.42. The van der Waals surface area contributed by atoms with Crippen molar-refractivity contribution in [2.24, 2.45) is 5.10 Å². The number of hydrazone groups is 1. The van der Waals surface area contributed by atoms with E-state index in [0.29, 0.717) is 21.8 Å². The number of carbonyl (C=O) groups excluding carboxylic acids is 2. The van der Waals surface area contributed by atoms with E-state index in [0.717, 1.165) is 5.01 Å². The summed E-state index contributed by atoms with van der Waals surface area (Å²) in [5, 5.41) is 29.8. The maximum Gasteiger partial charge on any atom is 0.276 e. The Kier molecular flexibility index (Phi) is 6.01. The molecule has 0 bridgehead atoms. The molecular formula is C20H18ClN7O3. The van der Waals surface area contributed by atoms with Crippen molar-refractivity contribution >= 4 is 29.6 Å². The van der Waals surface area contributed by atoms with Crippen molar-refractivity contribution in [2.45, 2.75) is 25.1 Å². The second-order valence-corrected chi connectivity index (χ2v) is 7.23. The molecular weight excluding hydrogens is 422 g/mol. The highest BCUT2D eigenvalue weighted by Gasteiger charge is 2.36. The number of aliphatic hydroxyl groups is 1. The van der Waals surface area contributed by atoms with Gasteiger partial charge in [-0.3, -0.25) is 9.59 Å². The predicted molar refractivity (Wildman–Crippen MR) is 111 cm³/mol. The molecule has 0 fully saturated rings. The van der Waals surface area contributed by atoms with E-state index in [1.54, 1.807) is 48.5 Å². The van der Waals surface area contributed by atoms with E-state index in [2.05, 4.69) is 25.9 Å². The zero-order valence-corrected chi connectivity index (χ0v) is 16.9. The molecule has 0 saturated carbocycles. The second-order valence-electron chi connectivity index (χ2n) is 6.79. The standard InChI is InChI=1S/C20H18ClN7O3/c21-15-6-7-16(27-12-23-25-26-27)14(10-15)11-22-19(30)17-8-9-24-28(17)20(31)18(29)13-4-2-1-3-5-13/h1-7,9-10,12,17-18,29H,8,11H2,(H,22,30)/t17?,18-/m1/s1. The summed E-state index contributed by atoms with van der Waals surface area (Å²) in [6.45, 7) is 0.133. The highest BCUT2D eigenvalue weighted by molar-refractivity contribution is 6.30. The van der Waals surface area contributed by atoms with E-state index in [1.165, 1.54) is 17.2 Å². The molecule has 1 aliphatic rings. The lowest BCUT2D eigenvalue weighted by Gasteiger charge is -2.24. The lowest BCUT2D eigenvalue weighted by molar-refractivity contribution is -0.146. The summed E-state index contributed by atoms with van der Waals surface area (Å²) in [6.07, 6.45) is 1.75. The Bertz CT molecular complexity index is 1110. The van der Waals surface area contributed by atoms with E-state index >= 15 is 0 Å². The third-order valence-corrected chi connectivity index (χ3v) is 5.03. The highest BCUT2D eigenvalue weighted by atomic mass is 35.5. The minimum absolute atomic E-state index is 0.133. The summed E-state index contributed by atoms with van der Waals surface area (Å²) in [5.41, 5.74) is 1.78. The average molecular weight is 440 g/mol. The van der Waals surface area contributed by atoms with Crippen molar-refractivity contribution in [2.75, 3.05) is 0 Å². The first-order valence-corrected chi connectivity index (χ1v) is 9.80. The van der Waals surface area contributed by atoms with E-state index in [1.807, 2.05) is 0 Å². The van der Waals surface area contributed by atoms with Gasteiger partial charge in [-0.2, -0.15) is 5.10 Å². The van der Waals surface area contributed by atoms with E-state index in [4.69, 9.17) is 11.6 Å². The van der Waals surface area contributed by atoms with Crippen LogP contribution in [0.4, 0.5) is 0 Å². The monoisotopic (exact) mass is 439 g/mol. The number of tetrazole rings is 1. The molecule has 3 aromatic rings. The van der Waals surface area contributed by atoms with Gasteiger partial charge in [0.2, 0.25) is 5.91 Å². The largest absolute Gasteiger partial charge is 0.378 e. The number of hydrogen-bond acceptors (Lipinski definition) is 7. The molecule has 11 heteroatoms. The van der Waals surface area contributed by atoms with Gasteiger partial charge in [0.25, 0.3) is 5.91 Å². The molecule has 31 heavy (non-hydrogen) atoms. The zero-order chi connectivity index (χ0) is 21.8. The van der Waals surface area contributed by atoms with Crippen molar-refractivity contribution in [1.29, 1.82) is 0 Å². The summed E-state index contributed by atoms with van der Waals surface area (Å²) in [4.78, 5) is 25.6. The molecule has 158 valence electrons. The number of hydrogen-bond donors (Lipinski definition) is 2. The summed E-state index contributed by atoms with van der Waals surface area (Å²) < 4.78 is 1.46. The maximum absolute atomic E-state index is 12.8. The molecule has 2 amide bonds. The number of amides is 2. The van der Waals surface area contributed by atoms with Gasteiger partial charge in [-0.1, -0.05) is 41.9 Å². The fourth-order valence-electron chi connectivity index (χ4n) is 3.24. The Hall–Kier alpha value is -3.63. The van der Waals surface area contributed by atoms with Gasteiger partial charge in [0.15, 0.2) is 6.10 Å². The minimum Gasteiger partial charge on any atom is -0.378 e. The summed E-state index contributed by atoms with van der Waals surface area (Å²) in [7, 11) is 0. The third kappa shape index (κ3) is 4.44. The quantitative estimate of drug-likeness (QED) is 0.595. The van der Waals surface area contributed by atoms with Crippen LogP contribution >= 0.6 is 11.6 Å². The summed E-state index contributed by atoms with van der Waals surface area (Å²) in [5.74, 6) is -1.08. The molecule has 1 unspecified atom stereocenters. The summed E-state index contributed by atoms with van der Waals surface area (Å²) in [6, 6.07) is 12.8. The van der Waals surface area contributed by atoms with Crippen LogP contribution in [0.5, 0.6) is 0 Å². The molecule has 1 aliphatic heterocycles. The Morgan fingerprint density at radius 2 is 2.03 bits per heavy atom. The van der Waals surface area contributed by atoms with Crippen LogP contribution in [0.15, 0.2) is 60.0 Å². The molecule has 0 radical (unpaired) electrons. The molecule has 2 heterocycles. The van der Waals surface area contributed by atoms with Gasteiger partial charge in [0.1, 0.15) is 12.4 Å². The van der Waals surface area contributed by atoms with Crippen molar-refractivity contribution in [3.8, 4) is 5.69 Å². The van der Waals surface area contributed by atoms with Crippen molar-refractivity contribution in [3.63, 3.8) is 0 Å². The maximum atomic E-state index is 12.8. The van der Waals surface area contributed by atoms with Gasteiger partial charge in [0, 0.05) is 24.2 Å². The Balaban J connectivity index is 1.46. The van der Waals surface area contributed by atoms with Crippen LogP contribution in [0.25, 0.3) is 5.69 Å². The van der Waals surface area contributed by atoms with Gasteiger partial charge in [0.05, 0.1) is 5.69 Å². The van der Waals surface area contributed by atoms with Gasteiger partial charge in [-0.15, -0.1) is 5.10 Å². The SMILES string of the molecule is O=C(NCc1cc(Cl)ccc1-n1cnnn1)C1CC=NN1C(=O)[C@H](O)c1ccccc1. The highest BCUT2D eigenvalue weighted by Crippen LogP contribution is 2.22. The number of rotatable bonds is 6. The Morgan fingerprint density at radius 1 is 1.23 bits per heavy atom. The van der Waals surface area contributed by atoms with Crippen LogP contribution in [0.3, 0.4) is 0 Å². The van der Waals surface area contributed by atoms with Crippen molar-refractivity contribution < 1.29 is 14.7 Å². The number of aliphatic hydroxyl groups excluding tert-OH is 1. The fraction of sp³-hybridized carbons (Fsp3) is 0.200. The number of nitrogens with one attached hydrogen (secondary N) is 1. The normalized spacial score (nSPS) is 16.3. The number of aromatic nitrogens is 4. The van der Waals surface area contributed by atoms with Crippen molar-refractivity contribution in [1.82, 2.24) is 30.5 Å². The van der Waals surface area contributed by atoms with E-state index < -0.39 is 24.0 Å². The molecule has 2 atom stereocenters. The lowest BCUT2D eigenvalue weighted by Crippen LogP contribution is -2.46. The fourth-order valence-corrected chi connectivity index (χ4v) is 3.43. The smallest absolute Gasteiger partial charge is 0.276 e. The van der Waals surface area contributed by atoms with E-state index in [9.17, 15) is 14.7 Å². The number of carbonyl (C=O) groups is 2. The van der Waals surface area contributed by atoms with Crippen LogP contribution in [0.1, 0.15) is 23.7 Å². The van der Waals surface area contributed by atoms with Gasteiger partial charge < -0.3 is 10.4 Å². The van der Waals surface area contributed by atoms with Crippen LogP contribution in [0, 0.1) is 0 Å². The molecule has 1 aromatic heterocycles. The van der Waals surface area contributed by atoms with Crippen LogP contribution in [-0.4, -0.2) is 54.4 Å². The number of benzene rings is 2. The molecule has 2 N–H and O–H groups in total. The second kappa shape index (κ2) is 9.02. The van der Waals surface area contributed by atoms with Gasteiger partial charge in [-0.25, -0.2) is 9.69 Å².